The predicted molar refractivity (Wildman–Crippen MR) is 81.8 cm³/mol. The lowest BCUT2D eigenvalue weighted by atomic mass is 9.91. The van der Waals surface area contributed by atoms with Crippen molar-refractivity contribution in [2.45, 2.75) is 32.2 Å². The molecule has 1 saturated carbocycles. The first kappa shape index (κ1) is 13.9. The highest BCUT2D eigenvalue weighted by atomic mass is 16.7. The van der Waals surface area contributed by atoms with E-state index in [2.05, 4.69) is 10.6 Å². The fourth-order valence-corrected chi connectivity index (χ4v) is 3.78. The van der Waals surface area contributed by atoms with Gasteiger partial charge in [-0.05, 0) is 62.4 Å². The third-order valence-electron chi connectivity index (χ3n) is 5.36. The second-order valence-electron chi connectivity index (χ2n) is 6.71. The zero-order valence-electron chi connectivity index (χ0n) is 12.9. The van der Waals surface area contributed by atoms with Gasteiger partial charge in [0.1, 0.15) is 0 Å². The predicted octanol–water partition coefficient (Wildman–Crippen LogP) is 1.98. The first-order chi connectivity index (χ1) is 10.7. The van der Waals surface area contributed by atoms with Crippen molar-refractivity contribution in [3.8, 4) is 11.5 Å². The van der Waals surface area contributed by atoms with E-state index in [1.165, 1.54) is 0 Å². The third-order valence-corrected chi connectivity index (χ3v) is 5.36. The van der Waals surface area contributed by atoms with Crippen LogP contribution in [-0.2, 0) is 4.79 Å². The van der Waals surface area contributed by atoms with Gasteiger partial charge in [0.2, 0.25) is 12.7 Å². The monoisotopic (exact) mass is 302 g/mol. The van der Waals surface area contributed by atoms with Crippen molar-refractivity contribution in [3.63, 3.8) is 0 Å². The summed E-state index contributed by atoms with van der Waals surface area (Å²) in [6, 6.07) is 5.85. The summed E-state index contributed by atoms with van der Waals surface area (Å²) in [5.74, 6) is 1.94. The maximum absolute atomic E-state index is 12.5. The number of amides is 1. The molecule has 2 heterocycles. The summed E-state index contributed by atoms with van der Waals surface area (Å²) in [5.41, 5.74) is 1.34. The number of ether oxygens (including phenoxy) is 2. The van der Waals surface area contributed by atoms with E-state index < -0.39 is 0 Å². The van der Waals surface area contributed by atoms with Gasteiger partial charge < -0.3 is 20.1 Å². The van der Waals surface area contributed by atoms with E-state index in [0.29, 0.717) is 0 Å². The van der Waals surface area contributed by atoms with Crippen molar-refractivity contribution in [2.24, 2.45) is 11.3 Å². The Labute approximate surface area is 130 Å². The average molecular weight is 302 g/mol. The first-order valence-corrected chi connectivity index (χ1v) is 8.09. The van der Waals surface area contributed by atoms with Gasteiger partial charge >= 0.3 is 0 Å². The molecule has 1 aromatic rings. The Hall–Kier alpha value is -1.75. The lowest BCUT2D eigenvalue weighted by Crippen LogP contribution is -2.34. The molecule has 0 bridgehead atoms. The molecule has 22 heavy (non-hydrogen) atoms. The molecule has 118 valence electrons. The van der Waals surface area contributed by atoms with Crippen LogP contribution in [0.2, 0.25) is 0 Å². The van der Waals surface area contributed by atoms with Crippen molar-refractivity contribution in [2.75, 3.05) is 19.9 Å². The smallest absolute Gasteiger partial charge is 0.231 e. The summed E-state index contributed by atoms with van der Waals surface area (Å²) in [7, 11) is 0. The minimum atomic E-state index is -0.0126. The van der Waals surface area contributed by atoms with E-state index >= 15 is 0 Å². The fourth-order valence-electron chi connectivity index (χ4n) is 3.78. The number of nitrogens with one attached hydrogen (secondary N) is 2. The van der Waals surface area contributed by atoms with Crippen molar-refractivity contribution in [3.05, 3.63) is 23.8 Å². The van der Waals surface area contributed by atoms with Gasteiger partial charge in [-0.2, -0.15) is 0 Å². The molecule has 2 N–H and O–H groups in total. The van der Waals surface area contributed by atoms with Gasteiger partial charge in [0.15, 0.2) is 11.5 Å². The van der Waals surface area contributed by atoms with Crippen molar-refractivity contribution in [1.82, 2.24) is 10.6 Å². The van der Waals surface area contributed by atoms with Crippen molar-refractivity contribution in [1.29, 1.82) is 0 Å². The van der Waals surface area contributed by atoms with Crippen LogP contribution in [0.15, 0.2) is 18.2 Å². The SMILES string of the molecule is CC(NC(=O)C1CC12CCNCC2)c1ccc2c(c1)OCO2. The molecule has 4 rings (SSSR count). The molecule has 1 aliphatic carbocycles. The Balaban J connectivity index is 1.40. The Bertz CT molecular complexity index is 596. The van der Waals surface area contributed by atoms with Gasteiger partial charge in [0.05, 0.1) is 6.04 Å². The molecule has 2 atom stereocenters. The van der Waals surface area contributed by atoms with Crippen molar-refractivity contribution >= 4 is 5.91 Å². The molecule has 3 aliphatic rings. The van der Waals surface area contributed by atoms with Crippen LogP contribution in [0.5, 0.6) is 11.5 Å². The fraction of sp³-hybridized carbons (Fsp3) is 0.588. The molecule has 0 aromatic heterocycles. The zero-order valence-corrected chi connectivity index (χ0v) is 12.9. The number of benzene rings is 1. The van der Waals surface area contributed by atoms with Crippen molar-refractivity contribution < 1.29 is 14.3 Å². The number of carbonyl (C=O) groups is 1. The van der Waals surface area contributed by atoms with Gasteiger partial charge in [0, 0.05) is 5.92 Å². The lowest BCUT2D eigenvalue weighted by Gasteiger charge is -2.23. The number of rotatable bonds is 3. The minimum absolute atomic E-state index is 0.0126. The minimum Gasteiger partial charge on any atom is -0.454 e. The van der Waals surface area contributed by atoms with Crippen LogP contribution in [0.3, 0.4) is 0 Å². The number of carbonyl (C=O) groups excluding carboxylic acids is 1. The van der Waals surface area contributed by atoms with E-state index in [4.69, 9.17) is 9.47 Å². The maximum atomic E-state index is 12.5. The lowest BCUT2D eigenvalue weighted by molar-refractivity contribution is -0.123. The molecular formula is C17H22N2O3. The molecule has 0 radical (unpaired) electrons. The highest BCUT2D eigenvalue weighted by Gasteiger charge is 2.57. The number of fused-ring (bicyclic) bond motifs is 1. The summed E-state index contributed by atoms with van der Waals surface area (Å²) in [6.45, 7) is 4.38. The van der Waals surface area contributed by atoms with Gasteiger partial charge in [-0.3, -0.25) is 4.79 Å². The van der Waals surface area contributed by atoms with E-state index in [1.54, 1.807) is 0 Å². The molecule has 5 heteroatoms. The summed E-state index contributed by atoms with van der Waals surface area (Å²) in [5, 5.41) is 6.54. The standard InChI is InChI=1S/C17H22N2O3/c1-11(12-2-3-14-15(8-12)22-10-21-14)19-16(20)13-9-17(13)4-6-18-7-5-17/h2-3,8,11,13,18H,4-7,9-10H2,1H3,(H,19,20). The van der Waals surface area contributed by atoms with E-state index in [1.807, 2.05) is 25.1 Å². The second-order valence-corrected chi connectivity index (χ2v) is 6.71. The molecule has 1 saturated heterocycles. The molecule has 5 nitrogen and oxygen atoms in total. The normalized spacial score (nSPS) is 25.8. The number of hydrogen-bond donors (Lipinski definition) is 2. The van der Waals surface area contributed by atoms with Gasteiger partial charge in [-0.15, -0.1) is 0 Å². The molecule has 1 amide bonds. The highest BCUT2D eigenvalue weighted by Crippen LogP contribution is 2.58. The molecular weight excluding hydrogens is 280 g/mol. The van der Waals surface area contributed by atoms with Gasteiger partial charge in [-0.25, -0.2) is 0 Å². The Morgan fingerprint density at radius 1 is 1.32 bits per heavy atom. The Morgan fingerprint density at radius 3 is 2.91 bits per heavy atom. The second kappa shape index (κ2) is 5.16. The van der Waals surface area contributed by atoms with Crippen LogP contribution in [-0.4, -0.2) is 25.8 Å². The maximum Gasteiger partial charge on any atom is 0.231 e. The zero-order chi connectivity index (χ0) is 15.2. The summed E-state index contributed by atoms with van der Waals surface area (Å²) < 4.78 is 10.7. The quantitative estimate of drug-likeness (QED) is 0.896. The summed E-state index contributed by atoms with van der Waals surface area (Å²) in [6.07, 6.45) is 3.31. The van der Waals surface area contributed by atoms with Gasteiger partial charge in [0.25, 0.3) is 0 Å². The molecule has 2 unspecified atom stereocenters. The average Bonchev–Trinajstić information content (AvgIpc) is 3.02. The Kier molecular flexibility index (Phi) is 3.26. The molecule has 2 aliphatic heterocycles. The topological polar surface area (TPSA) is 59.6 Å². The van der Waals surface area contributed by atoms with Crippen LogP contribution >= 0.6 is 0 Å². The van der Waals surface area contributed by atoms with Crippen LogP contribution in [0, 0.1) is 11.3 Å². The largest absolute Gasteiger partial charge is 0.454 e. The molecule has 1 aromatic carbocycles. The van der Waals surface area contributed by atoms with Crippen LogP contribution in [0.25, 0.3) is 0 Å². The number of hydrogen-bond acceptors (Lipinski definition) is 4. The van der Waals surface area contributed by atoms with E-state index in [-0.39, 0.29) is 30.1 Å². The third kappa shape index (κ3) is 2.33. The van der Waals surface area contributed by atoms with Gasteiger partial charge in [-0.1, -0.05) is 6.07 Å². The number of piperidine rings is 1. The van der Waals surface area contributed by atoms with Crippen LogP contribution in [0.4, 0.5) is 0 Å². The molecule has 2 fully saturated rings. The molecule has 1 spiro atoms. The first-order valence-electron chi connectivity index (χ1n) is 8.09. The Morgan fingerprint density at radius 2 is 2.09 bits per heavy atom. The summed E-state index contributed by atoms with van der Waals surface area (Å²) >= 11 is 0. The van der Waals surface area contributed by atoms with E-state index in [9.17, 15) is 4.79 Å². The highest BCUT2D eigenvalue weighted by molar-refractivity contribution is 5.83. The van der Waals surface area contributed by atoms with Crippen LogP contribution < -0.4 is 20.1 Å². The summed E-state index contributed by atoms with van der Waals surface area (Å²) in [4.78, 5) is 12.5. The van der Waals surface area contributed by atoms with E-state index in [0.717, 1.165) is 49.4 Å². The van der Waals surface area contributed by atoms with Crippen LogP contribution in [0.1, 0.15) is 37.8 Å².